The zero-order valence-electron chi connectivity index (χ0n) is 20.2. The van der Waals surface area contributed by atoms with Crippen molar-refractivity contribution in [1.29, 1.82) is 0 Å². The largest absolute Gasteiger partial charge is 0.491 e. The van der Waals surface area contributed by atoms with Gasteiger partial charge >= 0.3 is 0 Å². The number of benzene rings is 3. The van der Waals surface area contributed by atoms with Gasteiger partial charge in [0.15, 0.2) is 11.6 Å². The number of carbonyl (C=O) groups excluding carboxylic acids is 1. The van der Waals surface area contributed by atoms with Gasteiger partial charge in [-0.05, 0) is 42.8 Å². The lowest BCUT2D eigenvalue weighted by atomic mass is 10.1. The van der Waals surface area contributed by atoms with Gasteiger partial charge in [0.1, 0.15) is 4.88 Å². The fourth-order valence-corrected chi connectivity index (χ4v) is 5.44. The van der Waals surface area contributed by atoms with Gasteiger partial charge in [-0.25, -0.2) is 9.07 Å². The highest BCUT2D eigenvalue weighted by Crippen LogP contribution is 2.35. The topological polar surface area (TPSA) is 56.1 Å². The van der Waals surface area contributed by atoms with Crippen molar-refractivity contribution in [2.75, 3.05) is 6.61 Å². The van der Waals surface area contributed by atoms with E-state index in [0.29, 0.717) is 27.8 Å². The molecule has 5 aromatic rings. The van der Waals surface area contributed by atoms with E-state index in [1.807, 2.05) is 60.8 Å². The van der Waals surface area contributed by atoms with Gasteiger partial charge in [-0.3, -0.25) is 4.79 Å². The Labute approximate surface area is 223 Å². The van der Waals surface area contributed by atoms with Crippen LogP contribution in [-0.2, 0) is 6.54 Å². The molecule has 0 radical (unpaired) electrons. The number of carbonyl (C=O) groups is 1. The smallest absolute Gasteiger partial charge is 0.263 e. The number of hydrogen-bond acceptors (Lipinski definition) is 4. The van der Waals surface area contributed by atoms with Crippen LogP contribution < -0.4 is 10.1 Å². The second-order valence-electron chi connectivity index (χ2n) is 8.55. The molecule has 0 fully saturated rings. The Morgan fingerprint density at radius 2 is 1.89 bits per heavy atom. The van der Waals surface area contributed by atoms with Crippen LogP contribution in [0.4, 0.5) is 4.39 Å². The first-order valence-corrected chi connectivity index (χ1v) is 13.3. The molecular weight excluding hydrogens is 509 g/mol. The highest BCUT2D eigenvalue weighted by molar-refractivity contribution is 7.21. The van der Waals surface area contributed by atoms with Gasteiger partial charge in [-0.1, -0.05) is 61.3 Å². The summed E-state index contributed by atoms with van der Waals surface area (Å²) in [7, 11) is 0. The molecule has 0 aliphatic heterocycles. The standard InChI is InChI=1S/C29H25ClFN3O2S/c1-2-3-15-36-24-14-13-19(16-23(24)31)27-20(18-34(33-27)21-9-5-4-6-10-21)17-32-29(35)28-26(30)22-11-7-8-12-25(22)37-28/h4-14,16,18H,2-3,15,17H2,1H3,(H,32,35). The Hall–Kier alpha value is -3.68. The molecule has 5 nitrogen and oxygen atoms in total. The molecule has 37 heavy (non-hydrogen) atoms. The summed E-state index contributed by atoms with van der Waals surface area (Å²) in [4.78, 5) is 13.5. The van der Waals surface area contributed by atoms with Crippen molar-refractivity contribution in [2.24, 2.45) is 0 Å². The lowest BCUT2D eigenvalue weighted by molar-refractivity contribution is 0.0955. The van der Waals surface area contributed by atoms with Crippen molar-refractivity contribution >= 4 is 38.9 Å². The van der Waals surface area contributed by atoms with E-state index in [9.17, 15) is 9.18 Å². The maximum atomic E-state index is 14.9. The molecule has 2 heterocycles. The molecule has 0 saturated heterocycles. The van der Waals surface area contributed by atoms with E-state index < -0.39 is 5.82 Å². The van der Waals surface area contributed by atoms with Crippen LogP contribution >= 0.6 is 22.9 Å². The number of aromatic nitrogens is 2. The molecule has 0 aliphatic carbocycles. The van der Waals surface area contributed by atoms with Crippen LogP contribution in [0.3, 0.4) is 0 Å². The monoisotopic (exact) mass is 533 g/mol. The molecule has 1 N–H and O–H groups in total. The molecule has 5 rings (SSSR count). The van der Waals surface area contributed by atoms with Crippen LogP contribution in [-0.4, -0.2) is 22.3 Å². The highest BCUT2D eigenvalue weighted by Gasteiger charge is 2.19. The lowest BCUT2D eigenvalue weighted by Gasteiger charge is -2.09. The van der Waals surface area contributed by atoms with Crippen molar-refractivity contribution in [1.82, 2.24) is 15.1 Å². The minimum absolute atomic E-state index is 0.196. The zero-order valence-corrected chi connectivity index (χ0v) is 21.8. The third kappa shape index (κ3) is 5.38. The van der Waals surface area contributed by atoms with Crippen molar-refractivity contribution in [3.05, 3.63) is 100 Å². The number of hydrogen-bond donors (Lipinski definition) is 1. The predicted octanol–water partition coefficient (Wildman–Crippen LogP) is 7.66. The van der Waals surface area contributed by atoms with Crippen molar-refractivity contribution < 1.29 is 13.9 Å². The number of fused-ring (bicyclic) bond motifs is 1. The molecule has 3 aromatic carbocycles. The molecule has 188 valence electrons. The predicted molar refractivity (Wildman–Crippen MR) is 147 cm³/mol. The minimum atomic E-state index is -0.449. The number of amides is 1. The van der Waals surface area contributed by atoms with E-state index in [1.54, 1.807) is 16.8 Å². The summed E-state index contributed by atoms with van der Waals surface area (Å²) in [5.41, 5.74) is 2.77. The second kappa shape index (κ2) is 11.2. The maximum absolute atomic E-state index is 14.9. The molecule has 0 atom stereocenters. The van der Waals surface area contributed by atoms with Crippen LogP contribution in [0.15, 0.2) is 79.0 Å². The number of unbranched alkanes of at least 4 members (excludes halogenated alkanes) is 1. The summed E-state index contributed by atoms with van der Waals surface area (Å²) < 4.78 is 23.1. The Bertz CT molecular complexity index is 1550. The average Bonchev–Trinajstić information content (AvgIpc) is 3.50. The van der Waals surface area contributed by atoms with Crippen LogP contribution in [0.2, 0.25) is 5.02 Å². The summed E-state index contributed by atoms with van der Waals surface area (Å²) in [5, 5.41) is 9.00. The molecule has 0 aliphatic rings. The van der Waals surface area contributed by atoms with E-state index in [0.717, 1.165) is 34.2 Å². The van der Waals surface area contributed by atoms with Crippen molar-refractivity contribution in [3.63, 3.8) is 0 Å². The van der Waals surface area contributed by atoms with E-state index in [-0.39, 0.29) is 18.2 Å². The Balaban J connectivity index is 1.44. The molecule has 0 unspecified atom stereocenters. The number of nitrogens with zero attached hydrogens (tertiary/aromatic N) is 2. The molecule has 2 aromatic heterocycles. The van der Waals surface area contributed by atoms with Gasteiger partial charge in [0.05, 0.1) is 23.0 Å². The lowest BCUT2D eigenvalue weighted by Crippen LogP contribution is -2.22. The Morgan fingerprint density at radius 3 is 2.65 bits per heavy atom. The first-order chi connectivity index (χ1) is 18.0. The van der Waals surface area contributed by atoms with Crippen molar-refractivity contribution in [3.8, 4) is 22.7 Å². The van der Waals surface area contributed by atoms with E-state index in [4.69, 9.17) is 21.4 Å². The normalized spacial score (nSPS) is 11.1. The van der Waals surface area contributed by atoms with Gasteiger partial charge < -0.3 is 10.1 Å². The molecular formula is C29H25ClFN3O2S. The molecule has 0 saturated carbocycles. The third-order valence-electron chi connectivity index (χ3n) is 5.95. The fraction of sp³-hybridized carbons (Fsp3) is 0.172. The van der Waals surface area contributed by atoms with Crippen LogP contribution in [0, 0.1) is 5.82 Å². The minimum Gasteiger partial charge on any atom is -0.491 e. The van der Waals surface area contributed by atoms with Crippen molar-refractivity contribution in [2.45, 2.75) is 26.3 Å². The quantitative estimate of drug-likeness (QED) is 0.198. The second-order valence-corrected chi connectivity index (χ2v) is 9.98. The molecule has 0 spiro atoms. The van der Waals surface area contributed by atoms with Crippen LogP contribution in [0.1, 0.15) is 35.0 Å². The summed E-state index contributed by atoms with van der Waals surface area (Å²) in [6.07, 6.45) is 3.68. The number of halogens is 2. The van der Waals surface area contributed by atoms with Gasteiger partial charge in [0, 0.05) is 34.0 Å². The fourth-order valence-electron chi connectivity index (χ4n) is 4.00. The number of nitrogens with one attached hydrogen (secondary N) is 1. The van der Waals surface area contributed by atoms with E-state index in [1.165, 1.54) is 17.4 Å². The average molecular weight is 534 g/mol. The number of rotatable bonds is 9. The Kier molecular flexibility index (Phi) is 7.53. The summed E-state index contributed by atoms with van der Waals surface area (Å²) in [5.74, 6) is -0.501. The van der Waals surface area contributed by atoms with Gasteiger partial charge in [0.2, 0.25) is 0 Å². The maximum Gasteiger partial charge on any atom is 0.263 e. The summed E-state index contributed by atoms with van der Waals surface area (Å²) in [6, 6.07) is 22.1. The zero-order chi connectivity index (χ0) is 25.8. The SMILES string of the molecule is CCCCOc1ccc(-c2nn(-c3ccccc3)cc2CNC(=O)c2sc3ccccc3c2Cl)cc1F. The Morgan fingerprint density at radius 1 is 1.11 bits per heavy atom. The van der Waals surface area contributed by atoms with E-state index >= 15 is 0 Å². The first kappa shape index (κ1) is 25.0. The number of ether oxygens (including phenoxy) is 1. The van der Waals surface area contributed by atoms with Gasteiger partial charge in [-0.2, -0.15) is 5.10 Å². The number of thiophene rings is 1. The molecule has 1 amide bonds. The van der Waals surface area contributed by atoms with Crippen LogP contribution in [0.5, 0.6) is 5.75 Å². The first-order valence-electron chi connectivity index (χ1n) is 12.1. The van der Waals surface area contributed by atoms with E-state index in [2.05, 4.69) is 12.2 Å². The highest BCUT2D eigenvalue weighted by atomic mass is 35.5. The third-order valence-corrected chi connectivity index (χ3v) is 7.63. The molecule has 8 heteroatoms. The summed E-state index contributed by atoms with van der Waals surface area (Å²) in [6.45, 7) is 2.72. The molecule has 0 bridgehead atoms. The summed E-state index contributed by atoms with van der Waals surface area (Å²) >= 11 is 7.86. The number of para-hydroxylation sites is 1. The van der Waals surface area contributed by atoms with Gasteiger partial charge in [0.25, 0.3) is 5.91 Å². The van der Waals surface area contributed by atoms with Crippen LogP contribution in [0.25, 0.3) is 27.0 Å². The van der Waals surface area contributed by atoms with Gasteiger partial charge in [-0.15, -0.1) is 11.3 Å².